The molecule has 0 amide bonds. The lowest BCUT2D eigenvalue weighted by molar-refractivity contribution is -0.759. The van der Waals surface area contributed by atoms with Crippen LogP contribution in [0.25, 0.3) is 42.4 Å². The second-order valence-electron chi connectivity index (χ2n) is 16.0. The predicted molar refractivity (Wildman–Crippen MR) is 243 cm³/mol. The van der Waals surface area contributed by atoms with Crippen molar-refractivity contribution in [3.05, 3.63) is 184 Å². The number of nitrogens with zero attached hydrogens (tertiary/aromatic N) is 3. The molecule has 0 aliphatic heterocycles. The molecule has 0 N–H and O–H groups in total. The average Bonchev–Trinajstić information content (AvgIpc) is 4.21. The monoisotopic (exact) mass is 908 g/mol. The van der Waals surface area contributed by atoms with E-state index in [-0.39, 0.29) is 41.0 Å². The summed E-state index contributed by atoms with van der Waals surface area (Å²) in [7, 11) is 0. The number of hydrogen-bond acceptors (Lipinski definition) is 12. The number of ketones is 2. The molecule has 1 radical (unpaired) electrons. The van der Waals surface area contributed by atoms with Crippen molar-refractivity contribution in [1.82, 2.24) is 9.97 Å². The number of carbonyl (C=O) groups is 3. The molecule has 2 saturated carbocycles. The first-order chi connectivity index (χ1) is 31.4. The van der Waals surface area contributed by atoms with Crippen molar-refractivity contribution in [2.75, 3.05) is 13.2 Å². The molecule has 65 heavy (non-hydrogen) atoms. The van der Waals surface area contributed by atoms with E-state index in [1.807, 2.05) is 18.2 Å². The highest BCUT2D eigenvalue weighted by Gasteiger charge is 2.52. The van der Waals surface area contributed by atoms with Gasteiger partial charge in [-0.1, -0.05) is 24.3 Å². The van der Waals surface area contributed by atoms with Crippen LogP contribution in [0.5, 0.6) is 11.5 Å². The van der Waals surface area contributed by atoms with Crippen LogP contribution in [-0.2, 0) is 9.63 Å². The molecule has 0 atom stereocenters. The van der Waals surface area contributed by atoms with E-state index in [1.54, 1.807) is 79.1 Å². The Morgan fingerprint density at radius 2 is 1.11 bits per heavy atom. The fourth-order valence-corrected chi connectivity index (χ4v) is 9.64. The van der Waals surface area contributed by atoms with Crippen LogP contribution in [0.4, 0.5) is 8.78 Å². The van der Waals surface area contributed by atoms with Crippen molar-refractivity contribution < 1.29 is 42.6 Å². The van der Waals surface area contributed by atoms with E-state index in [0.717, 1.165) is 45.2 Å². The van der Waals surface area contributed by atoms with Gasteiger partial charge in [0.2, 0.25) is 11.6 Å². The average molecular weight is 909 g/mol. The summed E-state index contributed by atoms with van der Waals surface area (Å²) in [6.07, 6.45) is 9.35. The second-order valence-corrected chi connectivity index (χ2v) is 18.1. The highest BCUT2D eigenvalue weighted by atomic mass is 32.1. The number of halogens is 2. The van der Waals surface area contributed by atoms with E-state index in [2.05, 4.69) is 21.7 Å². The largest absolute Gasteiger partial charge is 0.493 e. The molecule has 4 aromatic heterocycles. The van der Waals surface area contributed by atoms with Crippen molar-refractivity contribution in [1.29, 1.82) is 0 Å². The summed E-state index contributed by atoms with van der Waals surface area (Å²) in [5.41, 5.74) is 3.02. The highest BCUT2D eigenvalue weighted by molar-refractivity contribution is 7.22. The number of pyridine rings is 2. The molecule has 0 unspecified atom stereocenters. The molecule has 4 aromatic carbocycles. The summed E-state index contributed by atoms with van der Waals surface area (Å²) >= 11 is 2.67. The van der Waals surface area contributed by atoms with Gasteiger partial charge in [0, 0.05) is 72.6 Å². The maximum absolute atomic E-state index is 13.6. The summed E-state index contributed by atoms with van der Waals surface area (Å²) in [6, 6.07) is 29.7. The molecular weight excluding hydrogens is 873 g/mol. The van der Waals surface area contributed by atoms with Crippen LogP contribution in [0.3, 0.4) is 0 Å². The number of hydrogen-bond donors (Lipinski definition) is 0. The zero-order chi connectivity index (χ0) is 45.3. The minimum Gasteiger partial charge on any atom is -0.493 e. The van der Waals surface area contributed by atoms with Crippen molar-refractivity contribution >= 4 is 60.4 Å². The Bertz CT molecular complexity index is 3100. The number of esters is 1. The molecular formula is C50H36F2N3O8S2. The van der Waals surface area contributed by atoms with Crippen LogP contribution < -0.4 is 9.47 Å². The van der Waals surface area contributed by atoms with Gasteiger partial charge in [0.25, 0.3) is 5.09 Å². The molecule has 15 heteroatoms. The van der Waals surface area contributed by atoms with Crippen LogP contribution in [0.1, 0.15) is 56.2 Å². The summed E-state index contributed by atoms with van der Waals surface area (Å²) < 4.78 is 40.2. The van der Waals surface area contributed by atoms with Gasteiger partial charge < -0.3 is 14.3 Å². The Balaban J connectivity index is 0.000000166. The standard InChI is InChI=1S/C25H17FN2O6S.C25H19FNO2S/c26-17-3-1-15(2-4-17)21-19-6-5-18(34-24(30)25(9-10-25)14-33-28(31)32)13-20(19)35-23(21)22(29)16-7-11-27-12-8-16;1-25(10-11-25)15-29-19-6-7-20-21(14-19)30-24(23(28)17-8-12-27-13-9-17)22(20)16-2-4-18(26)5-3-16/h1-8,11-13H,9-10,14H2;2-9,12-14H,1,10-11,15H2. The number of fused-ring (bicyclic) bond motifs is 2. The molecule has 2 fully saturated rings. The molecule has 2 aliphatic carbocycles. The SMILES string of the molecule is O=C(c1ccncc1)c1sc2cc(OC(=O)C3(CO[N+](=O)[O-])CC3)ccc2c1-c1ccc(F)cc1.[CH2]C1(COc2ccc3c(-c4ccc(F)cc4)c(C(=O)c4ccncc4)sc3c2)CC1. The van der Waals surface area contributed by atoms with Crippen molar-refractivity contribution in [2.45, 2.75) is 25.7 Å². The van der Waals surface area contributed by atoms with Crippen molar-refractivity contribution in [3.63, 3.8) is 0 Å². The number of rotatable bonds is 14. The molecule has 0 saturated heterocycles. The lowest BCUT2D eigenvalue weighted by atomic mass is 9.98. The van der Waals surface area contributed by atoms with E-state index in [9.17, 15) is 33.3 Å². The normalized spacial score (nSPS) is 14.2. The van der Waals surface area contributed by atoms with Crippen LogP contribution in [-0.4, -0.2) is 45.8 Å². The summed E-state index contributed by atoms with van der Waals surface area (Å²) in [5, 5.41) is 11.3. The molecule has 0 bridgehead atoms. The predicted octanol–water partition coefficient (Wildman–Crippen LogP) is 11.6. The fourth-order valence-electron chi connectivity index (χ4n) is 7.21. The number of carbonyl (C=O) groups excluding carboxylic acids is 3. The topological polar surface area (TPSA) is 148 Å². The summed E-state index contributed by atoms with van der Waals surface area (Å²) in [6.45, 7) is 4.42. The van der Waals surface area contributed by atoms with E-state index in [4.69, 9.17) is 9.47 Å². The maximum Gasteiger partial charge on any atom is 0.319 e. The fraction of sp³-hybridized carbons (Fsp3) is 0.160. The third kappa shape index (κ3) is 9.38. The minimum atomic E-state index is -1.01. The smallest absolute Gasteiger partial charge is 0.319 e. The summed E-state index contributed by atoms with van der Waals surface area (Å²) in [4.78, 5) is 63.2. The Morgan fingerprint density at radius 1 is 0.646 bits per heavy atom. The third-order valence-electron chi connectivity index (χ3n) is 11.3. The van der Waals surface area contributed by atoms with Gasteiger partial charge in [-0.25, -0.2) is 8.78 Å². The Kier molecular flexibility index (Phi) is 11.7. The van der Waals surface area contributed by atoms with Crippen molar-refractivity contribution in [2.24, 2.45) is 10.8 Å². The lowest BCUT2D eigenvalue weighted by Crippen LogP contribution is -2.27. The Hall–Kier alpha value is -7.23. The molecule has 2 aliphatic rings. The van der Waals surface area contributed by atoms with Crippen LogP contribution >= 0.6 is 22.7 Å². The van der Waals surface area contributed by atoms with E-state index >= 15 is 0 Å². The molecule has 4 heterocycles. The van der Waals surface area contributed by atoms with Crippen LogP contribution in [0.15, 0.2) is 134 Å². The first kappa shape index (κ1) is 43.0. The third-order valence-corrected chi connectivity index (χ3v) is 13.6. The van der Waals surface area contributed by atoms with Gasteiger partial charge in [0.1, 0.15) is 29.7 Å². The van der Waals surface area contributed by atoms with Gasteiger partial charge in [-0.15, -0.1) is 32.8 Å². The van der Waals surface area contributed by atoms with Gasteiger partial charge in [0.15, 0.2) is 0 Å². The Morgan fingerprint density at radius 3 is 1.55 bits per heavy atom. The zero-order valence-corrected chi connectivity index (χ0v) is 36.0. The van der Waals surface area contributed by atoms with Crippen molar-refractivity contribution in [3.8, 4) is 33.8 Å². The number of aromatic nitrogens is 2. The zero-order valence-electron chi connectivity index (χ0n) is 34.3. The van der Waals surface area contributed by atoms with E-state index in [0.29, 0.717) is 56.2 Å². The van der Waals surface area contributed by atoms with Gasteiger partial charge in [-0.05, 0) is 129 Å². The highest BCUT2D eigenvalue weighted by Crippen LogP contribution is 2.48. The number of benzene rings is 4. The molecule has 11 nitrogen and oxygen atoms in total. The van der Waals surface area contributed by atoms with Gasteiger partial charge in [0.05, 0.1) is 21.8 Å². The van der Waals surface area contributed by atoms with Gasteiger partial charge >= 0.3 is 5.97 Å². The first-order valence-corrected chi connectivity index (χ1v) is 22.0. The summed E-state index contributed by atoms with van der Waals surface area (Å²) in [5.74, 6) is -0.549. The van der Waals surface area contributed by atoms with E-state index < -0.39 is 16.5 Å². The lowest BCUT2D eigenvalue weighted by Gasteiger charge is -2.13. The number of ether oxygens (including phenoxy) is 2. The number of thiophene rings is 2. The quantitative estimate of drug-likeness (QED) is 0.0339. The maximum atomic E-state index is 13.6. The first-order valence-electron chi connectivity index (χ1n) is 20.4. The van der Waals surface area contributed by atoms with Gasteiger partial charge in [-0.2, -0.15) is 0 Å². The second kappa shape index (κ2) is 17.7. The molecule has 0 spiro atoms. The van der Waals surface area contributed by atoms with E-state index in [1.165, 1.54) is 59.3 Å². The molecule has 10 rings (SSSR count). The minimum absolute atomic E-state index is 0.0478. The van der Waals surface area contributed by atoms with Crippen LogP contribution in [0.2, 0.25) is 0 Å². The molecule has 325 valence electrons. The molecule has 8 aromatic rings. The van der Waals surface area contributed by atoms with Gasteiger partial charge in [-0.3, -0.25) is 24.4 Å². The Labute approximate surface area is 378 Å². The van der Waals surface area contributed by atoms with Crippen LogP contribution in [0, 0.1) is 39.5 Å².